The zero-order chi connectivity index (χ0) is 25.8. The van der Waals surface area contributed by atoms with E-state index in [1.54, 1.807) is 7.11 Å². The average molecular weight is 504 g/mol. The molecule has 6 nitrogen and oxygen atoms in total. The molecule has 0 aromatic heterocycles. The van der Waals surface area contributed by atoms with Gasteiger partial charge in [0.2, 0.25) is 5.91 Å². The second-order valence-corrected chi connectivity index (χ2v) is 11.0. The Morgan fingerprint density at radius 1 is 1.09 bits per heavy atom. The predicted octanol–water partition coefficient (Wildman–Crippen LogP) is 4.76. The van der Waals surface area contributed by atoms with Gasteiger partial charge in [-0.3, -0.25) is 4.79 Å². The number of thioether (sulfide) groups is 1. The van der Waals surface area contributed by atoms with Crippen molar-refractivity contribution in [1.29, 1.82) is 0 Å². The van der Waals surface area contributed by atoms with Gasteiger partial charge >= 0.3 is 5.97 Å². The van der Waals surface area contributed by atoms with E-state index in [0.717, 1.165) is 29.2 Å². The minimum Gasteiger partial charge on any atom is -0.458 e. The minimum absolute atomic E-state index is 0.168. The van der Waals surface area contributed by atoms with Crippen LogP contribution in [0, 0.1) is 5.92 Å². The van der Waals surface area contributed by atoms with Crippen molar-refractivity contribution in [2.24, 2.45) is 5.92 Å². The average Bonchev–Trinajstić information content (AvgIpc) is 2.80. The maximum Gasteiger partial charge on any atom is 0.329 e. The van der Waals surface area contributed by atoms with E-state index >= 15 is 0 Å². The number of rotatable bonds is 14. The molecule has 2 aromatic rings. The van der Waals surface area contributed by atoms with E-state index in [4.69, 9.17) is 9.47 Å². The molecule has 194 valence electrons. The summed E-state index contributed by atoms with van der Waals surface area (Å²) >= 11 is 1.52. The molecule has 2 rings (SSSR count). The van der Waals surface area contributed by atoms with Crippen LogP contribution in [0.25, 0.3) is 10.8 Å². The number of aliphatic hydroxyl groups excluding tert-OH is 1. The van der Waals surface area contributed by atoms with Gasteiger partial charge in [-0.1, -0.05) is 62.2 Å². The Kier molecular flexibility index (Phi) is 12.0. The molecule has 0 radical (unpaired) electrons. The van der Waals surface area contributed by atoms with Crippen molar-refractivity contribution in [2.45, 2.75) is 71.1 Å². The molecule has 0 aliphatic heterocycles. The number of aliphatic hydroxyl groups is 1. The van der Waals surface area contributed by atoms with Gasteiger partial charge in [0, 0.05) is 18.6 Å². The Hall–Kier alpha value is -2.09. The third kappa shape index (κ3) is 10.2. The number of amides is 1. The van der Waals surface area contributed by atoms with E-state index in [1.807, 2.05) is 39.0 Å². The third-order valence-electron chi connectivity index (χ3n) is 5.56. The van der Waals surface area contributed by atoms with Crippen molar-refractivity contribution in [3.05, 3.63) is 48.0 Å². The zero-order valence-electron chi connectivity index (χ0n) is 21.7. The lowest BCUT2D eigenvalue weighted by molar-refractivity contribution is -0.159. The van der Waals surface area contributed by atoms with Crippen LogP contribution in [0.15, 0.2) is 42.5 Å². The summed E-state index contributed by atoms with van der Waals surface area (Å²) < 4.78 is 10.6. The fourth-order valence-corrected chi connectivity index (χ4v) is 4.93. The van der Waals surface area contributed by atoms with Gasteiger partial charge in [0.25, 0.3) is 0 Å². The standard InChI is InChI=1S/C28H41NO5S/c1-6-7-15-25(27(32)34-28(2,3)4)29-26(31)22(18-35-19-23(30)17-33-5)16-21-13-10-12-20-11-8-9-14-24(20)21/h8-14,22-23,25,30H,6-7,15-19H2,1-5H3,(H,29,31)/t22-,23?,25+/m1/s1. The van der Waals surface area contributed by atoms with E-state index < -0.39 is 23.7 Å². The van der Waals surface area contributed by atoms with Crippen LogP contribution in [0.3, 0.4) is 0 Å². The van der Waals surface area contributed by atoms with Gasteiger partial charge in [-0.05, 0) is 49.9 Å². The van der Waals surface area contributed by atoms with Gasteiger partial charge < -0.3 is 19.9 Å². The third-order valence-corrected chi connectivity index (χ3v) is 6.82. The van der Waals surface area contributed by atoms with Crippen molar-refractivity contribution in [3.8, 4) is 0 Å². The number of fused-ring (bicyclic) bond motifs is 1. The monoisotopic (exact) mass is 503 g/mol. The summed E-state index contributed by atoms with van der Waals surface area (Å²) in [5.41, 5.74) is 0.464. The van der Waals surface area contributed by atoms with Gasteiger partial charge in [-0.15, -0.1) is 0 Å². The highest BCUT2D eigenvalue weighted by Crippen LogP contribution is 2.24. The van der Waals surface area contributed by atoms with Crippen molar-refractivity contribution < 1.29 is 24.2 Å². The van der Waals surface area contributed by atoms with Crippen LogP contribution in [-0.2, 0) is 25.5 Å². The number of ether oxygens (including phenoxy) is 2. The van der Waals surface area contributed by atoms with E-state index in [1.165, 1.54) is 11.8 Å². The first-order valence-electron chi connectivity index (χ1n) is 12.4. The Balaban J connectivity index is 2.22. The number of hydrogen-bond donors (Lipinski definition) is 2. The van der Waals surface area contributed by atoms with Gasteiger partial charge in [0.15, 0.2) is 0 Å². The summed E-state index contributed by atoms with van der Waals surface area (Å²) in [6.45, 7) is 7.79. The van der Waals surface area contributed by atoms with Crippen molar-refractivity contribution >= 4 is 34.4 Å². The van der Waals surface area contributed by atoms with E-state index in [9.17, 15) is 14.7 Å². The van der Waals surface area contributed by atoms with E-state index in [2.05, 4.69) is 36.5 Å². The molecule has 0 aliphatic rings. The molecule has 7 heteroatoms. The summed E-state index contributed by atoms with van der Waals surface area (Å²) in [6.07, 6.45) is 2.22. The molecule has 0 saturated heterocycles. The van der Waals surface area contributed by atoms with Gasteiger partial charge in [-0.25, -0.2) is 4.79 Å². The molecule has 1 unspecified atom stereocenters. The van der Waals surface area contributed by atoms with Crippen LogP contribution in [0.5, 0.6) is 0 Å². The Bertz CT molecular complexity index is 937. The minimum atomic E-state index is -0.680. The highest BCUT2D eigenvalue weighted by Gasteiger charge is 2.29. The molecule has 0 heterocycles. The summed E-state index contributed by atoms with van der Waals surface area (Å²) in [5, 5.41) is 15.3. The van der Waals surface area contributed by atoms with E-state index in [0.29, 0.717) is 24.3 Å². The van der Waals surface area contributed by atoms with Gasteiger partial charge in [0.1, 0.15) is 11.6 Å². The van der Waals surface area contributed by atoms with Crippen LogP contribution in [0.4, 0.5) is 0 Å². The molecule has 0 saturated carbocycles. The first kappa shape index (κ1) is 29.1. The van der Waals surface area contributed by atoms with Crippen molar-refractivity contribution in [3.63, 3.8) is 0 Å². The smallest absolute Gasteiger partial charge is 0.329 e. The molecule has 0 spiro atoms. The highest BCUT2D eigenvalue weighted by atomic mass is 32.2. The molecule has 3 atom stereocenters. The van der Waals surface area contributed by atoms with Crippen LogP contribution in [0.1, 0.15) is 52.5 Å². The molecular formula is C28H41NO5S. The molecule has 0 aliphatic carbocycles. The molecule has 2 aromatic carbocycles. The maximum absolute atomic E-state index is 13.5. The molecule has 2 N–H and O–H groups in total. The molecule has 0 bridgehead atoms. The van der Waals surface area contributed by atoms with Crippen LogP contribution in [0.2, 0.25) is 0 Å². The van der Waals surface area contributed by atoms with Crippen LogP contribution < -0.4 is 5.32 Å². The SMILES string of the molecule is CCCC[C@H](NC(=O)[C@@H](CSCC(O)COC)Cc1cccc2ccccc12)C(=O)OC(C)(C)C. The molecular weight excluding hydrogens is 462 g/mol. The van der Waals surface area contributed by atoms with Gasteiger partial charge in [0.05, 0.1) is 18.6 Å². The highest BCUT2D eigenvalue weighted by molar-refractivity contribution is 7.99. The number of benzene rings is 2. The van der Waals surface area contributed by atoms with Gasteiger partial charge in [-0.2, -0.15) is 11.8 Å². The molecule has 35 heavy (non-hydrogen) atoms. The number of carbonyl (C=O) groups is 2. The summed E-state index contributed by atoms with van der Waals surface area (Å²) in [6, 6.07) is 13.6. The number of hydrogen-bond acceptors (Lipinski definition) is 6. The molecule has 0 fully saturated rings. The largest absolute Gasteiger partial charge is 0.458 e. The fourth-order valence-electron chi connectivity index (χ4n) is 3.87. The van der Waals surface area contributed by atoms with E-state index in [-0.39, 0.29) is 18.4 Å². The first-order valence-corrected chi connectivity index (χ1v) is 13.5. The second kappa shape index (κ2) is 14.5. The number of unbranched alkanes of at least 4 members (excludes halogenated alkanes) is 1. The summed E-state index contributed by atoms with van der Waals surface area (Å²) in [7, 11) is 1.55. The number of esters is 1. The zero-order valence-corrected chi connectivity index (χ0v) is 22.5. The number of carbonyl (C=O) groups excluding carboxylic acids is 2. The lowest BCUT2D eigenvalue weighted by Crippen LogP contribution is -2.47. The Labute approximate surface area is 214 Å². The summed E-state index contributed by atoms with van der Waals surface area (Å²) in [4.78, 5) is 26.4. The number of nitrogens with one attached hydrogen (secondary N) is 1. The summed E-state index contributed by atoms with van der Waals surface area (Å²) in [5.74, 6) is 0.0560. The van der Waals surface area contributed by atoms with Crippen LogP contribution in [-0.4, -0.2) is 60.0 Å². The quantitative estimate of drug-likeness (QED) is 0.362. The Morgan fingerprint density at radius 2 is 1.80 bits per heavy atom. The van der Waals surface area contributed by atoms with Crippen molar-refractivity contribution in [2.75, 3.05) is 25.2 Å². The lowest BCUT2D eigenvalue weighted by atomic mass is 9.95. The second-order valence-electron chi connectivity index (χ2n) is 9.92. The topological polar surface area (TPSA) is 84.9 Å². The normalized spacial score (nSPS) is 14.3. The lowest BCUT2D eigenvalue weighted by Gasteiger charge is -2.26. The van der Waals surface area contributed by atoms with Crippen LogP contribution >= 0.6 is 11.8 Å². The predicted molar refractivity (Wildman–Crippen MR) is 144 cm³/mol. The first-order chi connectivity index (χ1) is 16.6. The number of methoxy groups -OCH3 is 1. The fraction of sp³-hybridized carbons (Fsp3) is 0.571. The Morgan fingerprint density at radius 3 is 2.49 bits per heavy atom. The maximum atomic E-state index is 13.5. The van der Waals surface area contributed by atoms with Crippen molar-refractivity contribution in [1.82, 2.24) is 5.32 Å². The molecule has 1 amide bonds.